The van der Waals surface area contributed by atoms with Crippen LogP contribution in [0.25, 0.3) is 11.0 Å². The number of nitrogens with zero attached hydrogens (tertiary/aromatic N) is 2. The first-order chi connectivity index (χ1) is 16.4. The quantitative estimate of drug-likeness (QED) is 0.246. The van der Waals surface area contributed by atoms with E-state index in [9.17, 15) is 24.8 Å². The van der Waals surface area contributed by atoms with Crippen molar-refractivity contribution in [3.63, 3.8) is 0 Å². The molecule has 1 aromatic heterocycles. The van der Waals surface area contributed by atoms with Gasteiger partial charge in [-0.1, -0.05) is 60.7 Å². The molecule has 0 saturated carbocycles. The molecule has 0 radical (unpaired) electrons. The Morgan fingerprint density at radius 1 is 1.00 bits per heavy atom. The maximum atomic E-state index is 13.5. The molecular formula is C26H18N2O6. The summed E-state index contributed by atoms with van der Waals surface area (Å²) in [7, 11) is 0. The molecule has 0 saturated heterocycles. The van der Waals surface area contributed by atoms with Crippen LogP contribution in [0.15, 0.2) is 101 Å². The van der Waals surface area contributed by atoms with Crippen LogP contribution in [-0.4, -0.2) is 26.6 Å². The minimum absolute atomic E-state index is 0.0347. The van der Waals surface area contributed by atoms with Crippen molar-refractivity contribution >= 4 is 28.3 Å². The number of rotatable bonds is 6. The molecule has 1 atom stereocenters. The molecule has 0 spiro atoms. The minimum Gasteiger partial charge on any atom is -0.503 e. The van der Waals surface area contributed by atoms with E-state index in [1.807, 2.05) is 30.3 Å². The fraction of sp³-hybridized carbons (Fsp3) is 0.0769. The molecule has 3 aromatic carbocycles. The largest absolute Gasteiger partial charge is 0.503 e. The summed E-state index contributed by atoms with van der Waals surface area (Å²) in [6.45, 7) is 0.0913. The number of benzene rings is 3. The summed E-state index contributed by atoms with van der Waals surface area (Å²) < 4.78 is 5.69. The van der Waals surface area contributed by atoms with E-state index in [-0.39, 0.29) is 23.6 Å². The molecule has 0 fully saturated rings. The highest BCUT2D eigenvalue weighted by Gasteiger charge is 2.44. The number of aliphatic hydroxyl groups excluding tert-OH is 1. The highest BCUT2D eigenvalue weighted by molar-refractivity contribution is 6.16. The highest BCUT2D eigenvalue weighted by Crippen LogP contribution is 2.41. The Kier molecular flexibility index (Phi) is 5.18. The first kappa shape index (κ1) is 21.1. The van der Waals surface area contributed by atoms with Crippen molar-refractivity contribution in [3.8, 4) is 0 Å². The lowest BCUT2D eigenvalue weighted by Gasteiger charge is -2.26. The number of aliphatic hydroxyl groups is 1. The van der Waals surface area contributed by atoms with E-state index in [2.05, 4.69) is 0 Å². The number of hydrogen-bond donors (Lipinski definition) is 1. The second-order valence-electron chi connectivity index (χ2n) is 7.91. The van der Waals surface area contributed by atoms with Crippen LogP contribution >= 0.6 is 0 Å². The molecule has 1 aliphatic heterocycles. The molecule has 1 unspecified atom stereocenters. The SMILES string of the molecule is O=C(C1=C(O)C(=O)N(Cc2ccccc2)C1c1cccc([N+](=O)[O-])c1)c1cc2ccccc2o1. The Morgan fingerprint density at radius 2 is 1.74 bits per heavy atom. The van der Waals surface area contributed by atoms with Gasteiger partial charge in [0.15, 0.2) is 11.5 Å². The monoisotopic (exact) mass is 454 g/mol. The van der Waals surface area contributed by atoms with Gasteiger partial charge in [-0.2, -0.15) is 0 Å². The topological polar surface area (TPSA) is 114 Å². The molecule has 8 heteroatoms. The number of amides is 1. The maximum Gasteiger partial charge on any atom is 0.290 e. The number of ketones is 1. The van der Waals surface area contributed by atoms with Crippen LogP contribution in [0, 0.1) is 10.1 Å². The molecule has 4 aromatic rings. The number of fused-ring (bicyclic) bond motifs is 1. The summed E-state index contributed by atoms with van der Waals surface area (Å²) in [5, 5.41) is 22.9. The lowest BCUT2D eigenvalue weighted by atomic mass is 9.94. The molecule has 5 rings (SSSR count). The molecule has 2 heterocycles. The van der Waals surface area contributed by atoms with E-state index in [1.54, 1.807) is 36.4 Å². The molecule has 8 nitrogen and oxygen atoms in total. The zero-order chi connectivity index (χ0) is 23.8. The third kappa shape index (κ3) is 3.61. The highest BCUT2D eigenvalue weighted by atomic mass is 16.6. The van der Waals surface area contributed by atoms with Gasteiger partial charge in [0.05, 0.1) is 16.5 Å². The van der Waals surface area contributed by atoms with Gasteiger partial charge in [-0.25, -0.2) is 0 Å². The second kappa shape index (κ2) is 8.32. The standard InChI is InChI=1S/C26H18N2O6/c29-24(21-14-17-9-4-5-12-20(17)34-21)22-23(18-10-6-11-19(13-18)28(32)33)27(26(31)25(22)30)15-16-7-2-1-3-8-16/h1-14,23,30H,15H2. The summed E-state index contributed by atoms with van der Waals surface area (Å²) >= 11 is 0. The number of para-hydroxylation sites is 1. The van der Waals surface area contributed by atoms with Gasteiger partial charge >= 0.3 is 0 Å². The van der Waals surface area contributed by atoms with E-state index in [0.717, 1.165) is 5.56 Å². The van der Waals surface area contributed by atoms with Crippen LogP contribution in [-0.2, 0) is 11.3 Å². The number of non-ortho nitro benzene ring substituents is 1. The van der Waals surface area contributed by atoms with Crippen molar-refractivity contribution in [2.24, 2.45) is 0 Å². The van der Waals surface area contributed by atoms with Gasteiger partial charge in [0.2, 0.25) is 5.78 Å². The van der Waals surface area contributed by atoms with E-state index in [1.165, 1.54) is 23.1 Å². The Balaban J connectivity index is 1.63. The first-order valence-electron chi connectivity index (χ1n) is 10.5. The van der Waals surface area contributed by atoms with Gasteiger partial charge in [-0.15, -0.1) is 0 Å². The second-order valence-corrected chi connectivity index (χ2v) is 7.91. The summed E-state index contributed by atoms with van der Waals surface area (Å²) in [5.74, 6) is -2.13. The minimum atomic E-state index is -1.03. The molecule has 0 aliphatic carbocycles. The van der Waals surface area contributed by atoms with Crippen LogP contribution in [0.5, 0.6) is 0 Å². The van der Waals surface area contributed by atoms with Gasteiger partial charge in [0.25, 0.3) is 11.6 Å². The van der Waals surface area contributed by atoms with Crippen molar-refractivity contribution < 1.29 is 24.0 Å². The third-order valence-corrected chi connectivity index (χ3v) is 5.79. The van der Waals surface area contributed by atoms with Gasteiger partial charge in [-0.05, 0) is 23.3 Å². The average molecular weight is 454 g/mol. The molecule has 168 valence electrons. The van der Waals surface area contributed by atoms with Gasteiger partial charge in [0, 0.05) is 24.1 Å². The molecule has 1 amide bonds. The number of hydrogen-bond acceptors (Lipinski definition) is 6. The smallest absolute Gasteiger partial charge is 0.290 e. The van der Waals surface area contributed by atoms with Crippen LogP contribution < -0.4 is 0 Å². The lowest BCUT2D eigenvalue weighted by molar-refractivity contribution is -0.384. The van der Waals surface area contributed by atoms with Crippen LogP contribution in [0.4, 0.5) is 5.69 Å². The van der Waals surface area contributed by atoms with Gasteiger partial charge < -0.3 is 14.4 Å². The fourth-order valence-electron chi connectivity index (χ4n) is 4.21. The number of carbonyl (C=O) groups is 2. The zero-order valence-electron chi connectivity index (χ0n) is 17.8. The van der Waals surface area contributed by atoms with E-state index >= 15 is 0 Å². The summed E-state index contributed by atoms with van der Waals surface area (Å²) in [6, 6.07) is 22.4. The predicted octanol–water partition coefficient (Wildman–Crippen LogP) is 5.12. The van der Waals surface area contributed by atoms with Crippen LogP contribution in [0.3, 0.4) is 0 Å². The number of nitro benzene ring substituents is 1. The Bertz CT molecular complexity index is 1440. The van der Waals surface area contributed by atoms with Crippen LogP contribution in [0.2, 0.25) is 0 Å². The summed E-state index contributed by atoms with van der Waals surface area (Å²) in [4.78, 5) is 38.9. The fourth-order valence-corrected chi connectivity index (χ4v) is 4.21. The number of carbonyl (C=O) groups excluding carboxylic acids is 2. The van der Waals surface area contributed by atoms with Crippen molar-refractivity contribution in [1.29, 1.82) is 0 Å². The van der Waals surface area contributed by atoms with Crippen molar-refractivity contribution in [1.82, 2.24) is 4.90 Å². The van der Waals surface area contributed by atoms with E-state index < -0.39 is 28.4 Å². The van der Waals surface area contributed by atoms with Crippen molar-refractivity contribution in [2.75, 3.05) is 0 Å². The van der Waals surface area contributed by atoms with Crippen LogP contribution in [0.1, 0.15) is 27.7 Å². The molecular weight excluding hydrogens is 436 g/mol. The normalized spacial score (nSPS) is 15.8. The average Bonchev–Trinajstić information content (AvgIpc) is 3.39. The summed E-state index contributed by atoms with van der Waals surface area (Å²) in [5.41, 5.74) is 1.23. The zero-order valence-corrected chi connectivity index (χ0v) is 17.8. The molecule has 34 heavy (non-hydrogen) atoms. The number of furan rings is 1. The molecule has 1 N–H and O–H groups in total. The van der Waals surface area contributed by atoms with Crippen molar-refractivity contribution in [3.05, 3.63) is 123 Å². The Hall–Kier alpha value is -4.72. The molecule has 1 aliphatic rings. The third-order valence-electron chi connectivity index (χ3n) is 5.79. The maximum absolute atomic E-state index is 13.5. The van der Waals surface area contributed by atoms with Gasteiger partial charge in [0.1, 0.15) is 5.58 Å². The Labute approximate surface area is 193 Å². The number of Topliss-reactive ketones (excluding diaryl/α,β-unsaturated/α-hetero) is 1. The van der Waals surface area contributed by atoms with E-state index in [4.69, 9.17) is 4.42 Å². The first-order valence-corrected chi connectivity index (χ1v) is 10.5. The van der Waals surface area contributed by atoms with Crippen molar-refractivity contribution in [2.45, 2.75) is 12.6 Å². The predicted molar refractivity (Wildman–Crippen MR) is 123 cm³/mol. The lowest BCUT2D eigenvalue weighted by Crippen LogP contribution is -2.30. The van der Waals surface area contributed by atoms with Gasteiger partial charge in [-0.3, -0.25) is 19.7 Å². The summed E-state index contributed by atoms with van der Waals surface area (Å²) in [6.07, 6.45) is 0. The van der Waals surface area contributed by atoms with E-state index in [0.29, 0.717) is 16.5 Å². The molecule has 0 bridgehead atoms. The number of nitro groups is 1. The Morgan fingerprint density at radius 3 is 2.47 bits per heavy atom.